The zero-order valence-electron chi connectivity index (χ0n) is 11.1. The summed E-state index contributed by atoms with van der Waals surface area (Å²) in [6.07, 6.45) is -4.41. The van der Waals surface area contributed by atoms with Crippen molar-refractivity contribution in [2.75, 3.05) is 5.32 Å². The minimum Gasteiger partial charge on any atom is -0.480 e. The molecule has 2 rings (SSSR count). The van der Waals surface area contributed by atoms with Crippen LogP contribution >= 0.6 is 15.9 Å². The Bertz CT molecular complexity index is 535. The predicted molar refractivity (Wildman–Crippen MR) is 76.1 cm³/mol. The van der Waals surface area contributed by atoms with E-state index >= 15 is 0 Å². The largest absolute Gasteiger partial charge is 0.480 e. The summed E-state index contributed by atoms with van der Waals surface area (Å²) in [4.78, 5) is 11.6. The van der Waals surface area contributed by atoms with Gasteiger partial charge in [-0.05, 0) is 43.9 Å². The van der Waals surface area contributed by atoms with Gasteiger partial charge in [0.15, 0.2) is 0 Å². The maximum absolute atomic E-state index is 12.9. The van der Waals surface area contributed by atoms with Crippen LogP contribution in [0.25, 0.3) is 0 Å². The molecule has 1 aromatic carbocycles. The third kappa shape index (κ3) is 3.70. The van der Waals surface area contributed by atoms with Gasteiger partial charge in [0.05, 0.1) is 5.92 Å². The molecule has 0 spiro atoms. The lowest BCUT2D eigenvalue weighted by atomic mass is 9.75. The minimum absolute atomic E-state index is 0.0152. The number of carbonyl (C=O) groups is 1. The molecule has 7 heteroatoms. The Kier molecular flexibility index (Phi) is 4.51. The smallest absolute Gasteiger partial charge is 0.391 e. The lowest BCUT2D eigenvalue weighted by Crippen LogP contribution is -2.52. The minimum atomic E-state index is -4.36. The number of hydrogen-bond donors (Lipinski definition) is 2. The first-order valence-electron chi connectivity index (χ1n) is 6.57. The van der Waals surface area contributed by atoms with E-state index in [0.29, 0.717) is 5.69 Å². The number of aliphatic carboxylic acids is 1. The Morgan fingerprint density at radius 2 is 2.14 bits per heavy atom. The topological polar surface area (TPSA) is 49.3 Å². The second-order valence-corrected chi connectivity index (χ2v) is 6.27. The zero-order chi connectivity index (χ0) is 15.7. The Morgan fingerprint density at radius 1 is 1.43 bits per heavy atom. The first-order valence-corrected chi connectivity index (χ1v) is 7.36. The molecule has 0 heterocycles. The van der Waals surface area contributed by atoms with Crippen molar-refractivity contribution >= 4 is 27.6 Å². The Labute approximate surface area is 128 Å². The van der Waals surface area contributed by atoms with E-state index in [1.807, 2.05) is 0 Å². The van der Waals surface area contributed by atoms with Gasteiger partial charge < -0.3 is 10.4 Å². The molecule has 0 bridgehead atoms. The predicted octanol–water partition coefficient (Wildman–Crippen LogP) is 4.44. The molecule has 3 nitrogen and oxygen atoms in total. The zero-order valence-corrected chi connectivity index (χ0v) is 12.7. The highest BCUT2D eigenvalue weighted by Crippen LogP contribution is 2.43. The molecular weight excluding hydrogens is 351 g/mol. The maximum atomic E-state index is 12.9. The fourth-order valence-corrected chi connectivity index (χ4v) is 3.16. The Hall–Kier alpha value is -1.24. The van der Waals surface area contributed by atoms with Crippen LogP contribution in [0.3, 0.4) is 0 Å². The third-order valence-corrected chi connectivity index (χ3v) is 4.32. The van der Waals surface area contributed by atoms with Gasteiger partial charge in [0.2, 0.25) is 0 Å². The quantitative estimate of drug-likeness (QED) is 0.832. The molecule has 2 unspecified atom stereocenters. The van der Waals surface area contributed by atoms with Crippen LogP contribution in [-0.4, -0.2) is 22.8 Å². The lowest BCUT2D eigenvalue weighted by Gasteiger charge is -2.39. The summed E-state index contributed by atoms with van der Waals surface area (Å²) in [6, 6.07) is 6.76. The number of rotatable bonds is 3. The highest BCUT2D eigenvalue weighted by atomic mass is 79.9. The molecule has 1 fully saturated rings. The van der Waals surface area contributed by atoms with E-state index in [9.17, 15) is 23.1 Å². The molecule has 0 amide bonds. The van der Waals surface area contributed by atoms with Crippen molar-refractivity contribution in [2.45, 2.75) is 37.4 Å². The monoisotopic (exact) mass is 365 g/mol. The van der Waals surface area contributed by atoms with Gasteiger partial charge >= 0.3 is 12.1 Å². The van der Waals surface area contributed by atoms with Gasteiger partial charge in [0, 0.05) is 10.2 Å². The van der Waals surface area contributed by atoms with Crippen LogP contribution in [0.1, 0.15) is 25.7 Å². The van der Waals surface area contributed by atoms with Crippen LogP contribution in [0.4, 0.5) is 18.9 Å². The normalized spacial score (nSPS) is 26.4. The molecule has 1 aromatic rings. The number of alkyl halides is 3. The SMILES string of the molecule is O=C(O)C1(Nc2cccc(Br)c2)CCCC(C(F)(F)F)C1. The average Bonchev–Trinajstić information content (AvgIpc) is 2.37. The van der Waals surface area contributed by atoms with Crippen molar-refractivity contribution in [3.8, 4) is 0 Å². The summed E-state index contributed by atoms with van der Waals surface area (Å²) < 4.78 is 39.5. The molecule has 1 aliphatic rings. The van der Waals surface area contributed by atoms with E-state index < -0.39 is 30.0 Å². The Balaban J connectivity index is 2.26. The highest BCUT2D eigenvalue weighted by molar-refractivity contribution is 9.10. The van der Waals surface area contributed by atoms with Crippen molar-refractivity contribution in [3.63, 3.8) is 0 Å². The number of halogens is 4. The number of benzene rings is 1. The van der Waals surface area contributed by atoms with E-state index in [0.717, 1.165) is 4.47 Å². The van der Waals surface area contributed by atoms with Crippen molar-refractivity contribution < 1.29 is 23.1 Å². The van der Waals surface area contributed by atoms with E-state index in [2.05, 4.69) is 21.2 Å². The van der Waals surface area contributed by atoms with Crippen molar-refractivity contribution in [2.24, 2.45) is 5.92 Å². The number of hydrogen-bond acceptors (Lipinski definition) is 2. The lowest BCUT2D eigenvalue weighted by molar-refractivity contribution is -0.188. The van der Waals surface area contributed by atoms with Crippen molar-refractivity contribution in [3.05, 3.63) is 28.7 Å². The highest BCUT2D eigenvalue weighted by Gasteiger charge is 2.51. The standard InChI is InChI=1S/C14H15BrF3NO2/c15-10-4-1-5-11(7-10)19-13(12(20)21)6-2-3-9(8-13)14(16,17)18/h1,4-5,7,9,19H,2-3,6,8H2,(H,20,21). The van der Waals surface area contributed by atoms with Gasteiger partial charge in [0.1, 0.15) is 5.54 Å². The fourth-order valence-electron chi connectivity index (χ4n) is 2.76. The van der Waals surface area contributed by atoms with Gasteiger partial charge in [-0.25, -0.2) is 4.79 Å². The van der Waals surface area contributed by atoms with Crippen molar-refractivity contribution in [1.82, 2.24) is 0 Å². The van der Waals surface area contributed by atoms with Gasteiger partial charge in [-0.2, -0.15) is 13.2 Å². The van der Waals surface area contributed by atoms with E-state index in [4.69, 9.17) is 0 Å². The Morgan fingerprint density at radius 3 is 2.71 bits per heavy atom. The van der Waals surface area contributed by atoms with Crippen LogP contribution < -0.4 is 5.32 Å². The molecule has 0 aliphatic heterocycles. The van der Waals surface area contributed by atoms with Crippen LogP contribution in [0.5, 0.6) is 0 Å². The fraction of sp³-hybridized carbons (Fsp3) is 0.500. The first-order chi connectivity index (χ1) is 9.73. The van der Waals surface area contributed by atoms with Gasteiger partial charge in [0.25, 0.3) is 0 Å². The first kappa shape index (κ1) is 16.1. The van der Waals surface area contributed by atoms with Gasteiger partial charge in [-0.3, -0.25) is 0 Å². The van der Waals surface area contributed by atoms with E-state index in [-0.39, 0.29) is 19.3 Å². The number of nitrogens with one attached hydrogen (secondary N) is 1. The molecule has 2 atom stereocenters. The molecule has 2 N–H and O–H groups in total. The molecule has 0 radical (unpaired) electrons. The molecule has 1 saturated carbocycles. The number of carboxylic acids is 1. The molecule has 21 heavy (non-hydrogen) atoms. The second-order valence-electron chi connectivity index (χ2n) is 5.36. The number of carboxylic acid groups (broad SMARTS) is 1. The molecule has 116 valence electrons. The van der Waals surface area contributed by atoms with Crippen LogP contribution in [0, 0.1) is 5.92 Å². The molecule has 0 saturated heterocycles. The number of anilines is 1. The van der Waals surface area contributed by atoms with Gasteiger partial charge in [-0.15, -0.1) is 0 Å². The maximum Gasteiger partial charge on any atom is 0.391 e. The molecule has 1 aliphatic carbocycles. The van der Waals surface area contributed by atoms with Gasteiger partial charge in [-0.1, -0.05) is 22.0 Å². The van der Waals surface area contributed by atoms with Crippen LogP contribution in [0.15, 0.2) is 28.7 Å². The summed E-state index contributed by atoms with van der Waals surface area (Å²) in [6.45, 7) is 0. The van der Waals surface area contributed by atoms with Crippen LogP contribution in [0.2, 0.25) is 0 Å². The summed E-state index contributed by atoms with van der Waals surface area (Å²) in [5.74, 6) is -2.82. The molecule has 0 aromatic heterocycles. The second kappa shape index (κ2) is 5.87. The van der Waals surface area contributed by atoms with Crippen molar-refractivity contribution in [1.29, 1.82) is 0 Å². The summed E-state index contributed by atoms with van der Waals surface area (Å²) in [5, 5.41) is 12.3. The average molecular weight is 366 g/mol. The van der Waals surface area contributed by atoms with Crippen LogP contribution in [-0.2, 0) is 4.79 Å². The molecular formula is C14H15BrF3NO2. The third-order valence-electron chi connectivity index (χ3n) is 3.83. The van der Waals surface area contributed by atoms with E-state index in [1.54, 1.807) is 24.3 Å². The summed E-state index contributed by atoms with van der Waals surface area (Å²) in [5.41, 5.74) is -1.08. The van der Waals surface area contributed by atoms with E-state index in [1.165, 1.54) is 0 Å². The summed E-state index contributed by atoms with van der Waals surface area (Å²) in [7, 11) is 0. The summed E-state index contributed by atoms with van der Waals surface area (Å²) >= 11 is 3.26.